The van der Waals surface area contributed by atoms with Gasteiger partial charge in [-0.25, -0.2) is 0 Å². The van der Waals surface area contributed by atoms with Crippen molar-refractivity contribution in [3.63, 3.8) is 0 Å². The van der Waals surface area contributed by atoms with Crippen LogP contribution in [0.15, 0.2) is 22.6 Å². The zero-order valence-electron chi connectivity index (χ0n) is 13.8. The molecule has 2 aromatic rings. The lowest BCUT2D eigenvalue weighted by molar-refractivity contribution is 0.0845. The first-order chi connectivity index (χ1) is 12.0. The fourth-order valence-electron chi connectivity index (χ4n) is 2.47. The Balaban J connectivity index is 1.71. The van der Waals surface area contributed by atoms with Gasteiger partial charge in [-0.2, -0.15) is 0 Å². The molecule has 8 heteroatoms. The van der Waals surface area contributed by atoms with E-state index in [1.165, 1.54) is 12.1 Å². The van der Waals surface area contributed by atoms with Crippen LogP contribution in [0.2, 0.25) is 5.02 Å². The van der Waals surface area contributed by atoms with Gasteiger partial charge in [-0.05, 0) is 32.0 Å². The molecule has 1 aliphatic heterocycles. The van der Waals surface area contributed by atoms with Gasteiger partial charge in [-0.3, -0.25) is 20.4 Å². The molecule has 3 rings (SSSR count). The fourth-order valence-corrected chi connectivity index (χ4v) is 2.74. The smallest absolute Gasteiger partial charge is 0.273 e. The standard InChI is InChI=1S/C17H17ClN2O5/c1-9-6-12(10(2)25-9)17(22)20-19-16(21)11-7-13(18)15-14(8-11)23-4-3-5-24-15/h6-8H,3-5H2,1-2H3,(H,19,21)(H,20,22). The minimum Gasteiger partial charge on any atom is -0.489 e. The number of nitrogens with one attached hydrogen (secondary N) is 2. The van der Waals surface area contributed by atoms with Crippen molar-refractivity contribution in [2.24, 2.45) is 0 Å². The Morgan fingerprint density at radius 2 is 1.76 bits per heavy atom. The van der Waals surface area contributed by atoms with Crippen molar-refractivity contribution in [2.75, 3.05) is 13.2 Å². The van der Waals surface area contributed by atoms with Crippen LogP contribution in [0, 0.1) is 13.8 Å². The van der Waals surface area contributed by atoms with Gasteiger partial charge >= 0.3 is 0 Å². The van der Waals surface area contributed by atoms with Crippen LogP contribution in [0.25, 0.3) is 0 Å². The summed E-state index contributed by atoms with van der Waals surface area (Å²) < 4.78 is 16.4. The van der Waals surface area contributed by atoms with E-state index < -0.39 is 11.8 Å². The average Bonchev–Trinajstić information content (AvgIpc) is 2.77. The van der Waals surface area contributed by atoms with E-state index in [4.69, 9.17) is 25.5 Å². The number of hydrogen-bond acceptors (Lipinski definition) is 5. The predicted octanol–water partition coefficient (Wildman–Crippen LogP) is 2.79. The molecule has 0 unspecified atom stereocenters. The Bertz CT molecular complexity index is 831. The van der Waals surface area contributed by atoms with Crippen LogP contribution in [0.3, 0.4) is 0 Å². The van der Waals surface area contributed by atoms with E-state index >= 15 is 0 Å². The molecular weight excluding hydrogens is 348 g/mol. The highest BCUT2D eigenvalue weighted by molar-refractivity contribution is 6.32. The Labute approximate surface area is 149 Å². The van der Waals surface area contributed by atoms with Gasteiger partial charge in [0.15, 0.2) is 11.5 Å². The highest BCUT2D eigenvalue weighted by Gasteiger charge is 2.19. The fraction of sp³-hybridized carbons (Fsp3) is 0.294. The molecule has 25 heavy (non-hydrogen) atoms. The lowest BCUT2D eigenvalue weighted by Crippen LogP contribution is -2.41. The molecule has 1 aliphatic rings. The van der Waals surface area contributed by atoms with Gasteiger partial charge < -0.3 is 13.9 Å². The van der Waals surface area contributed by atoms with Gasteiger partial charge in [0.1, 0.15) is 11.5 Å². The summed E-state index contributed by atoms with van der Waals surface area (Å²) in [6.45, 7) is 4.39. The number of benzene rings is 1. The summed E-state index contributed by atoms with van der Waals surface area (Å²) in [5.41, 5.74) is 5.30. The zero-order valence-corrected chi connectivity index (χ0v) is 14.5. The third-order valence-corrected chi connectivity index (χ3v) is 3.92. The number of hydrazine groups is 1. The van der Waals surface area contributed by atoms with Crippen molar-refractivity contribution >= 4 is 23.4 Å². The van der Waals surface area contributed by atoms with Crippen LogP contribution in [-0.2, 0) is 0 Å². The van der Waals surface area contributed by atoms with E-state index in [-0.39, 0.29) is 10.6 Å². The molecular formula is C17H17ClN2O5. The van der Waals surface area contributed by atoms with Crippen LogP contribution in [0.5, 0.6) is 11.5 Å². The molecule has 2 heterocycles. The van der Waals surface area contributed by atoms with Crippen molar-refractivity contribution in [3.8, 4) is 11.5 Å². The minimum absolute atomic E-state index is 0.245. The topological polar surface area (TPSA) is 89.8 Å². The third-order valence-electron chi connectivity index (χ3n) is 3.64. The van der Waals surface area contributed by atoms with Gasteiger partial charge in [0.25, 0.3) is 11.8 Å². The lowest BCUT2D eigenvalue weighted by Gasteiger charge is -2.12. The summed E-state index contributed by atoms with van der Waals surface area (Å²) in [6.07, 6.45) is 0.728. The number of rotatable bonds is 2. The number of halogens is 1. The predicted molar refractivity (Wildman–Crippen MR) is 90.2 cm³/mol. The molecule has 2 amide bonds. The first kappa shape index (κ1) is 17.2. The van der Waals surface area contributed by atoms with Crippen molar-refractivity contribution < 1.29 is 23.5 Å². The molecule has 0 fully saturated rings. The molecule has 7 nitrogen and oxygen atoms in total. The normalized spacial score (nSPS) is 13.1. The molecule has 0 bridgehead atoms. The average molecular weight is 365 g/mol. The molecule has 1 aromatic heterocycles. The molecule has 1 aromatic carbocycles. The van der Waals surface area contributed by atoms with Gasteiger partial charge in [-0.1, -0.05) is 11.6 Å². The minimum atomic E-state index is -0.524. The van der Waals surface area contributed by atoms with Gasteiger partial charge in [-0.15, -0.1) is 0 Å². The number of carbonyl (C=O) groups excluding carboxylic acids is 2. The van der Waals surface area contributed by atoms with Crippen molar-refractivity contribution in [1.29, 1.82) is 0 Å². The van der Waals surface area contributed by atoms with Crippen LogP contribution >= 0.6 is 11.6 Å². The maximum atomic E-state index is 12.3. The summed E-state index contributed by atoms with van der Waals surface area (Å²) in [5, 5.41) is 0.275. The molecule has 0 radical (unpaired) electrons. The first-order valence-electron chi connectivity index (χ1n) is 7.72. The molecule has 0 aliphatic carbocycles. The quantitative estimate of drug-likeness (QED) is 0.800. The van der Waals surface area contributed by atoms with E-state index in [1.807, 2.05) is 0 Å². The molecule has 0 atom stereocenters. The Hall–Kier alpha value is -2.67. The highest BCUT2D eigenvalue weighted by Crippen LogP contribution is 2.37. The summed E-state index contributed by atoms with van der Waals surface area (Å²) in [6, 6.07) is 4.59. The third kappa shape index (κ3) is 3.71. The van der Waals surface area contributed by atoms with E-state index in [1.54, 1.807) is 19.9 Å². The van der Waals surface area contributed by atoms with Crippen LogP contribution in [0.4, 0.5) is 0 Å². The Kier molecular flexibility index (Phi) is 4.85. The van der Waals surface area contributed by atoms with Crippen LogP contribution in [-0.4, -0.2) is 25.0 Å². The van der Waals surface area contributed by atoms with Crippen LogP contribution < -0.4 is 20.3 Å². The number of furan rings is 1. The van der Waals surface area contributed by atoms with Crippen molar-refractivity contribution in [2.45, 2.75) is 20.3 Å². The summed E-state index contributed by atoms with van der Waals surface area (Å²) in [4.78, 5) is 24.4. The van der Waals surface area contributed by atoms with E-state index in [2.05, 4.69) is 10.9 Å². The summed E-state index contributed by atoms with van der Waals surface area (Å²) in [5.74, 6) is 0.922. The molecule has 0 saturated carbocycles. The monoisotopic (exact) mass is 364 g/mol. The molecule has 132 valence electrons. The van der Waals surface area contributed by atoms with Crippen molar-refractivity contribution in [3.05, 3.63) is 45.9 Å². The summed E-state index contributed by atoms with van der Waals surface area (Å²) >= 11 is 6.16. The van der Waals surface area contributed by atoms with E-state index in [9.17, 15) is 9.59 Å². The van der Waals surface area contributed by atoms with Gasteiger partial charge in [0, 0.05) is 12.0 Å². The first-order valence-corrected chi connectivity index (χ1v) is 8.10. The maximum absolute atomic E-state index is 12.3. The second kappa shape index (κ2) is 7.06. The Morgan fingerprint density at radius 1 is 1.04 bits per heavy atom. The zero-order chi connectivity index (χ0) is 18.0. The second-order valence-electron chi connectivity index (χ2n) is 5.57. The second-order valence-corrected chi connectivity index (χ2v) is 5.98. The number of ether oxygens (including phenoxy) is 2. The summed E-state index contributed by atoms with van der Waals surface area (Å²) in [7, 11) is 0. The maximum Gasteiger partial charge on any atom is 0.273 e. The lowest BCUT2D eigenvalue weighted by atomic mass is 10.2. The molecule has 0 saturated heterocycles. The van der Waals surface area contributed by atoms with Gasteiger partial charge in [0.05, 0.1) is 23.8 Å². The number of hydrogen-bond donors (Lipinski definition) is 2. The largest absolute Gasteiger partial charge is 0.489 e. The Morgan fingerprint density at radius 3 is 2.48 bits per heavy atom. The number of amides is 2. The molecule has 0 spiro atoms. The number of carbonyl (C=O) groups is 2. The van der Waals surface area contributed by atoms with E-state index in [0.29, 0.717) is 41.8 Å². The van der Waals surface area contributed by atoms with Crippen molar-refractivity contribution in [1.82, 2.24) is 10.9 Å². The highest BCUT2D eigenvalue weighted by atomic mass is 35.5. The van der Waals surface area contributed by atoms with Gasteiger partial charge in [0.2, 0.25) is 0 Å². The SMILES string of the molecule is Cc1cc(C(=O)NNC(=O)c2cc(Cl)c3c(c2)OCCCO3)c(C)o1. The molecule has 2 N–H and O–H groups in total. The number of fused-ring (bicyclic) bond motifs is 1. The van der Waals surface area contributed by atoms with Crippen LogP contribution in [0.1, 0.15) is 38.7 Å². The van der Waals surface area contributed by atoms with E-state index in [0.717, 1.165) is 6.42 Å². The number of aryl methyl sites for hydroxylation is 2.